The standard InChI is InChI=1S/C13H17N3O2/c1-9-4-3-5-12(10(9)8-14)16-13(17)11(15)6-7-18-2/h3-5,11H,6-7,15H2,1-2H3,(H,16,17). The zero-order valence-electron chi connectivity index (χ0n) is 10.6. The van der Waals surface area contributed by atoms with E-state index >= 15 is 0 Å². The Bertz CT molecular complexity index is 466. The third-order valence-electron chi connectivity index (χ3n) is 2.61. The molecule has 5 heteroatoms. The van der Waals surface area contributed by atoms with Crippen LogP contribution in [0.4, 0.5) is 5.69 Å². The summed E-state index contributed by atoms with van der Waals surface area (Å²) in [5, 5.41) is 11.7. The molecule has 0 aliphatic carbocycles. The Labute approximate surface area is 107 Å². The molecular formula is C13H17N3O2. The summed E-state index contributed by atoms with van der Waals surface area (Å²) in [6.07, 6.45) is 0.441. The lowest BCUT2D eigenvalue weighted by atomic mass is 10.1. The van der Waals surface area contributed by atoms with E-state index in [2.05, 4.69) is 11.4 Å². The summed E-state index contributed by atoms with van der Waals surface area (Å²) in [5.41, 5.74) is 7.48. The Morgan fingerprint density at radius 3 is 2.94 bits per heavy atom. The summed E-state index contributed by atoms with van der Waals surface area (Å²) in [4.78, 5) is 11.8. The van der Waals surface area contributed by atoms with Crippen LogP contribution in [0.1, 0.15) is 17.5 Å². The van der Waals surface area contributed by atoms with Crippen LogP contribution >= 0.6 is 0 Å². The first-order valence-corrected chi connectivity index (χ1v) is 5.65. The number of anilines is 1. The number of amides is 1. The summed E-state index contributed by atoms with van der Waals surface area (Å²) in [6.45, 7) is 2.24. The van der Waals surface area contributed by atoms with E-state index in [4.69, 9.17) is 15.7 Å². The molecule has 1 atom stereocenters. The van der Waals surface area contributed by atoms with E-state index < -0.39 is 6.04 Å². The molecule has 0 fully saturated rings. The number of aryl methyl sites for hydroxylation is 1. The zero-order chi connectivity index (χ0) is 13.5. The van der Waals surface area contributed by atoms with Crippen molar-refractivity contribution < 1.29 is 9.53 Å². The average molecular weight is 247 g/mol. The fraction of sp³-hybridized carbons (Fsp3) is 0.385. The molecule has 0 heterocycles. The first-order chi connectivity index (χ1) is 8.60. The highest BCUT2D eigenvalue weighted by atomic mass is 16.5. The molecule has 3 N–H and O–H groups in total. The molecule has 0 saturated heterocycles. The summed E-state index contributed by atoms with van der Waals surface area (Å²) >= 11 is 0. The summed E-state index contributed by atoms with van der Waals surface area (Å²) in [5.74, 6) is -0.311. The highest BCUT2D eigenvalue weighted by Crippen LogP contribution is 2.18. The van der Waals surface area contributed by atoms with Gasteiger partial charge in [0, 0.05) is 13.7 Å². The lowest BCUT2D eigenvalue weighted by Crippen LogP contribution is -2.36. The molecule has 0 bridgehead atoms. The lowest BCUT2D eigenvalue weighted by Gasteiger charge is -2.13. The van der Waals surface area contributed by atoms with Gasteiger partial charge >= 0.3 is 0 Å². The predicted molar refractivity (Wildman–Crippen MR) is 69.0 cm³/mol. The van der Waals surface area contributed by atoms with E-state index in [1.54, 1.807) is 19.2 Å². The van der Waals surface area contributed by atoms with Gasteiger partial charge in [-0.1, -0.05) is 12.1 Å². The van der Waals surface area contributed by atoms with Gasteiger partial charge in [0.1, 0.15) is 6.07 Å². The minimum Gasteiger partial charge on any atom is -0.385 e. The maximum absolute atomic E-state index is 11.8. The molecule has 0 spiro atoms. The third-order valence-corrected chi connectivity index (χ3v) is 2.61. The highest BCUT2D eigenvalue weighted by molar-refractivity contribution is 5.95. The molecule has 1 rings (SSSR count). The smallest absolute Gasteiger partial charge is 0.241 e. The number of carbonyl (C=O) groups is 1. The monoisotopic (exact) mass is 247 g/mol. The minimum atomic E-state index is -0.642. The van der Waals surface area contributed by atoms with Gasteiger partial charge in [-0.25, -0.2) is 0 Å². The zero-order valence-corrected chi connectivity index (χ0v) is 10.6. The van der Waals surface area contributed by atoms with Gasteiger partial charge in [-0.2, -0.15) is 5.26 Å². The summed E-state index contributed by atoms with van der Waals surface area (Å²) in [6, 6.07) is 6.72. The Morgan fingerprint density at radius 2 is 2.33 bits per heavy atom. The summed E-state index contributed by atoms with van der Waals surface area (Å²) < 4.78 is 4.86. The first-order valence-electron chi connectivity index (χ1n) is 5.65. The van der Waals surface area contributed by atoms with E-state index in [1.165, 1.54) is 0 Å². The second kappa shape index (κ2) is 6.74. The van der Waals surface area contributed by atoms with Crippen molar-refractivity contribution in [3.8, 4) is 6.07 Å². The normalized spacial score (nSPS) is 11.7. The van der Waals surface area contributed by atoms with Crippen LogP contribution in [0, 0.1) is 18.3 Å². The molecule has 0 radical (unpaired) electrons. The fourth-order valence-corrected chi connectivity index (χ4v) is 1.52. The van der Waals surface area contributed by atoms with E-state index in [9.17, 15) is 4.79 Å². The minimum absolute atomic E-state index is 0.311. The van der Waals surface area contributed by atoms with Gasteiger partial charge in [0.05, 0.1) is 17.3 Å². The maximum Gasteiger partial charge on any atom is 0.241 e. The van der Waals surface area contributed by atoms with Crippen LogP contribution in [0.15, 0.2) is 18.2 Å². The van der Waals surface area contributed by atoms with Crippen LogP contribution in [0.5, 0.6) is 0 Å². The Kier molecular flexibility index (Phi) is 5.31. The molecular weight excluding hydrogens is 230 g/mol. The SMILES string of the molecule is COCCC(N)C(=O)Nc1cccc(C)c1C#N. The molecule has 96 valence electrons. The van der Waals surface area contributed by atoms with E-state index in [0.29, 0.717) is 24.3 Å². The van der Waals surface area contributed by atoms with Crippen molar-refractivity contribution >= 4 is 11.6 Å². The molecule has 0 aliphatic heterocycles. The lowest BCUT2D eigenvalue weighted by molar-refractivity contribution is -0.117. The van der Waals surface area contributed by atoms with E-state index in [1.807, 2.05) is 13.0 Å². The van der Waals surface area contributed by atoms with Crippen molar-refractivity contribution in [1.29, 1.82) is 5.26 Å². The van der Waals surface area contributed by atoms with Crippen LogP contribution < -0.4 is 11.1 Å². The molecule has 1 amide bonds. The van der Waals surface area contributed by atoms with Crippen LogP contribution in [-0.2, 0) is 9.53 Å². The number of nitrogens with one attached hydrogen (secondary N) is 1. The molecule has 1 unspecified atom stereocenters. The van der Waals surface area contributed by atoms with Crippen LogP contribution in [-0.4, -0.2) is 25.7 Å². The molecule has 5 nitrogen and oxygen atoms in total. The predicted octanol–water partition coefficient (Wildman–Crippen LogP) is 1.17. The van der Waals surface area contributed by atoms with Crippen molar-refractivity contribution in [2.24, 2.45) is 5.73 Å². The van der Waals surface area contributed by atoms with Gasteiger partial charge in [0.25, 0.3) is 0 Å². The van der Waals surface area contributed by atoms with Gasteiger partial charge in [0.15, 0.2) is 0 Å². The van der Waals surface area contributed by atoms with Crippen LogP contribution in [0.3, 0.4) is 0 Å². The summed E-state index contributed by atoms with van der Waals surface area (Å²) in [7, 11) is 1.55. The maximum atomic E-state index is 11.8. The van der Waals surface area contributed by atoms with Gasteiger partial charge in [-0.3, -0.25) is 4.79 Å². The number of hydrogen-bond acceptors (Lipinski definition) is 4. The van der Waals surface area contributed by atoms with Crippen molar-refractivity contribution in [3.05, 3.63) is 29.3 Å². The van der Waals surface area contributed by atoms with E-state index in [0.717, 1.165) is 5.56 Å². The number of nitrogens with two attached hydrogens (primary N) is 1. The van der Waals surface area contributed by atoms with Crippen molar-refractivity contribution in [2.75, 3.05) is 19.0 Å². The number of ether oxygens (including phenoxy) is 1. The number of methoxy groups -OCH3 is 1. The van der Waals surface area contributed by atoms with Gasteiger partial charge < -0.3 is 15.8 Å². The van der Waals surface area contributed by atoms with Crippen molar-refractivity contribution in [2.45, 2.75) is 19.4 Å². The van der Waals surface area contributed by atoms with Gasteiger partial charge in [-0.15, -0.1) is 0 Å². The van der Waals surface area contributed by atoms with Crippen molar-refractivity contribution in [3.63, 3.8) is 0 Å². The number of nitrogens with zero attached hydrogens (tertiary/aromatic N) is 1. The Hall–Kier alpha value is -1.90. The van der Waals surface area contributed by atoms with Gasteiger partial charge in [0.2, 0.25) is 5.91 Å². The Morgan fingerprint density at radius 1 is 1.61 bits per heavy atom. The van der Waals surface area contributed by atoms with E-state index in [-0.39, 0.29) is 5.91 Å². The quantitative estimate of drug-likeness (QED) is 0.817. The molecule has 1 aromatic carbocycles. The van der Waals surface area contributed by atoms with Crippen LogP contribution in [0.2, 0.25) is 0 Å². The molecule has 0 aliphatic rings. The molecule has 0 saturated carbocycles. The number of carbonyl (C=O) groups excluding carboxylic acids is 1. The van der Waals surface area contributed by atoms with Gasteiger partial charge in [-0.05, 0) is 25.0 Å². The first kappa shape index (κ1) is 14.2. The average Bonchev–Trinajstić information content (AvgIpc) is 2.36. The molecule has 18 heavy (non-hydrogen) atoms. The second-order valence-corrected chi connectivity index (χ2v) is 3.99. The number of nitriles is 1. The van der Waals surface area contributed by atoms with Crippen LogP contribution in [0.25, 0.3) is 0 Å². The molecule has 0 aromatic heterocycles. The number of hydrogen-bond donors (Lipinski definition) is 2. The highest BCUT2D eigenvalue weighted by Gasteiger charge is 2.15. The topological polar surface area (TPSA) is 88.1 Å². The third kappa shape index (κ3) is 3.55. The largest absolute Gasteiger partial charge is 0.385 e. The Balaban J connectivity index is 2.76. The van der Waals surface area contributed by atoms with Crippen molar-refractivity contribution in [1.82, 2.24) is 0 Å². The number of rotatable bonds is 5. The number of benzene rings is 1. The molecule has 1 aromatic rings. The fourth-order valence-electron chi connectivity index (χ4n) is 1.52. The second-order valence-electron chi connectivity index (χ2n) is 3.99.